The molecule has 0 bridgehead atoms. The van der Waals surface area contributed by atoms with Crippen LogP contribution in [0.15, 0.2) is 62.8 Å². The summed E-state index contributed by atoms with van der Waals surface area (Å²) in [5, 5.41) is 1.93. The van der Waals surface area contributed by atoms with Crippen LogP contribution in [0.4, 0.5) is 0 Å². The van der Waals surface area contributed by atoms with Crippen molar-refractivity contribution < 1.29 is 14.3 Å². The maximum Gasteiger partial charge on any atom is 0.338 e. The van der Waals surface area contributed by atoms with Gasteiger partial charge in [-0.05, 0) is 56.0 Å². The van der Waals surface area contributed by atoms with E-state index in [1.807, 2.05) is 54.8 Å². The number of hydrogen-bond acceptors (Lipinski definition) is 7. The molecule has 3 aromatic rings. The van der Waals surface area contributed by atoms with Gasteiger partial charge in [0.05, 0.1) is 29.0 Å². The van der Waals surface area contributed by atoms with Crippen LogP contribution in [0.1, 0.15) is 37.3 Å². The number of benzene rings is 1. The van der Waals surface area contributed by atoms with Crippen molar-refractivity contribution in [2.75, 3.05) is 13.2 Å². The lowest BCUT2D eigenvalue weighted by atomic mass is 10.0. The summed E-state index contributed by atoms with van der Waals surface area (Å²) in [6.45, 7) is 6.35. The molecule has 2 aromatic heterocycles. The predicted octanol–water partition coefficient (Wildman–Crippen LogP) is 3.26. The molecule has 0 amide bonds. The van der Waals surface area contributed by atoms with E-state index >= 15 is 0 Å². The van der Waals surface area contributed by atoms with Gasteiger partial charge in [-0.15, -0.1) is 11.3 Å². The number of carbonyl (C=O) groups is 1. The van der Waals surface area contributed by atoms with Gasteiger partial charge in [-0.3, -0.25) is 9.36 Å². The highest BCUT2D eigenvalue weighted by molar-refractivity contribution is 7.10. The summed E-state index contributed by atoms with van der Waals surface area (Å²) < 4.78 is 12.9. The van der Waals surface area contributed by atoms with E-state index in [4.69, 9.17) is 9.47 Å². The highest BCUT2D eigenvalue weighted by atomic mass is 32.1. The van der Waals surface area contributed by atoms with Gasteiger partial charge in [-0.1, -0.05) is 29.5 Å². The van der Waals surface area contributed by atoms with Crippen LogP contribution in [0.3, 0.4) is 0 Å². The summed E-state index contributed by atoms with van der Waals surface area (Å²) in [5.74, 6) is 0.344. The van der Waals surface area contributed by atoms with Crippen molar-refractivity contribution in [1.82, 2.24) is 4.57 Å². The van der Waals surface area contributed by atoms with Gasteiger partial charge in [0.2, 0.25) is 0 Å². The lowest BCUT2D eigenvalue weighted by Crippen LogP contribution is -2.39. The van der Waals surface area contributed by atoms with Crippen LogP contribution in [0.2, 0.25) is 0 Å². The number of aromatic nitrogens is 1. The Labute approximate surface area is 187 Å². The number of nitrogens with zero attached hydrogens (tertiary/aromatic N) is 2. The quantitative estimate of drug-likeness (QED) is 0.536. The van der Waals surface area contributed by atoms with Crippen molar-refractivity contribution in [3.8, 4) is 5.75 Å². The number of allylic oxidation sites excluding steroid dienone is 1. The molecule has 1 aliphatic heterocycles. The maximum absolute atomic E-state index is 13.4. The number of ether oxygens (including phenoxy) is 2. The molecular weight excluding hydrogens is 432 g/mol. The third-order valence-corrected chi connectivity index (χ3v) is 6.73. The second-order valence-electron chi connectivity index (χ2n) is 6.82. The first-order valence-corrected chi connectivity index (χ1v) is 11.7. The molecule has 0 aliphatic carbocycles. The first-order chi connectivity index (χ1) is 15.0. The number of hydrogen-bond donors (Lipinski definition) is 0. The van der Waals surface area contributed by atoms with Crippen molar-refractivity contribution >= 4 is 34.7 Å². The van der Waals surface area contributed by atoms with E-state index in [1.54, 1.807) is 18.4 Å². The highest BCUT2D eigenvalue weighted by Gasteiger charge is 2.33. The van der Waals surface area contributed by atoms with Gasteiger partial charge in [0, 0.05) is 4.88 Å². The fourth-order valence-electron chi connectivity index (χ4n) is 3.49. The number of carbonyl (C=O) groups excluding carboxylic acids is 1. The molecule has 160 valence electrons. The topological polar surface area (TPSA) is 69.9 Å². The van der Waals surface area contributed by atoms with E-state index in [9.17, 15) is 9.59 Å². The summed E-state index contributed by atoms with van der Waals surface area (Å²) in [4.78, 5) is 32.2. The molecule has 0 radical (unpaired) electrons. The smallest absolute Gasteiger partial charge is 0.338 e. The lowest BCUT2D eigenvalue weighted by molar-refractivity contribution is -0.139. The van der Waals surface area contributed by atoms with Crippen molar-refractivity contribution in [2.45, 2.75) is 26.8 Å². The molecule has 0 unspecified atom stereocenters. The fraction of sp³-hybridized carbons (Fsp3) is 0.261. The van der Waals surface area contributed by atoms with Crippen molar-refractivity contribution in [1.29, 1.82) is 0 Å². The van der Waals surface area contributed by atoms with Crippen LogP contribution < -0.4 is 19.6 Å². The van der Waals surface area contributed by atoms with E-state index < -0.39 is 12.0 Å². The average molecular weight is 455 g/mol. The summed E-state index contributed by atoms with van der Waals surface area (Å²) in [6, 6.07) is 10.9. The molecule has 31 heavy (non-hydrogen) atoms. The van der Waals surface area contributed by atoms with Crippen molar-refractivity contribution in [3.63, 3.8) is 0 Å². The zero-order valence-electron chi connectivity index (χ0n) is 17.5. The van der Waals surface area contributed by atoms with Gasteiger partial charge >= 0.3 is 5.97 Å². The monoisotopic (exact) mass is 454 g/mol. The van der Waals surface area contributed by atoms with Crippen molar-refractivity contribution in [3.05, 3.63) is 83.2 Å². The summed E-state index contributed by atoms with van der Waals surface area (Å²) in [5.41, 5.74) is 1.70. The summed E-state index contributed by atoms with van der Waals surface area (Å²) in [6.07, 6.45) is 1.84. The second kappa shape index (κ2) is 9.03. The minimum atomic E-state index is -0.544. The largest absolute Gasteiger partial charge is 0.494 e. The molecule has 0 spiro atoms. The Balaban J connectivity index is 1.85. The standard InChI is InChI=1S/C23H22N2O4S2/c1-4-28-16-10-8-15(9-11-16)13-18-21(26)25-20(17-7-6-12-30-17)19(22(27)29-5-2)14(3)24-23(25)31-18/h6-13,20H,4-5H2,1-3H3/b18-13+/t20-/m0/s1. The van der Waals surface area contributed by atoms with E-state index in [1.165, 1.54) is 22.7 Å². The van der Waals surface area contributed by atoms with Gasteiger partial charge in [-0.25, -0.2) is 9.79 Å². The van der Waals surface area contributed by atoms with E-state index in [-0.39, 0.29) is 12.2 Å². The number of thiazole rings is 1. The van der Waals surface area contributed by atoms with Crippen LogP contribution in [-0.2, 0) is 9.53 Å². The Bertz CT molecular complexity index is 1300. The van der Waals surface area contributed by atoms with Crippen LogP contribution >= 0.6 is 22.7 Å². The third kappa shape index (κ3) is 4.13. The van der Waals surface area contributed by atoms with Crippen LogP contribution in [-0.4, -0.2) is 23.8 Å². The number of rotatable bonds is 6. The molecule has 0 N–H and O–H groups in total. The molecule has 1 atom stereocenters. The third-order valence-electron chi connectivity index (χ3n) is 4.82. The minimum Gasteiger partial charge on any atom is -0.494 e. The number of esters is 1. The molecule has 6 nitrogen and oxygen atoms in total. The fourth-order valence-corrected chi connectivity index (χ4v) is 5.36. The Hall–Kier alpha value is -2.97. The molecule has 8 heteroatoms. The minimum absolute atomic E-state index is 0.176. The van der Waals surface area contributed by atoms with Gasteiger partial charge < -0.3 is 9.47 Å². The Morgan fingerprint density at radius 2 is 1.97 bits per heavy atom. The zero-order valence-corrected chi connectivity index (χ0v) is 19.1. The Morgan fingerprint density at radius 3 is 2.61 bits per heavy atom. The van der Waals surface area contributed by atoms with Gasteiger partial charge in [0.1, 0.15) is 11.8 Å². The van der Waals surface area contributed by atoms with Crippen molar-refractivity contribution in [2.24, 2.45) is 4.99 Å². The number of fused-ring (bicyclic) bond motifs is 1. The van der Waals surface area contributed by atoms with Gasteiger partial charge in [0.15, 0.2) is 4.80 Å². The maximum atomic E-state index is 13.4. The van der Waals surface area contributed by atoms with Gasteiger partial charge in [-0.2, -0.15) is 0 Å². The SMILES string of the molecule is CCOC(=O)C1=C(C)N=c2s/c(=C/c3ccc(OCC)cc3)c(=O)n2[C@H]1c1cccs1. The van der Waals surface area contributed by atoms with Gasteiger partial charge in [0.25, 0.3) is 5.56 Å². The van der Waals surface area contributed by atoms with Crippen LogP contribution in [0.5, 0.6) is 5.75 Å². The van der Waals surface area contributed by atoms with Crippen LogP contribution in [0, 0.1) is 0 Å². The molecule has 3 heterocycles. The number of thiophene rings is 1. The first-order valence-electron chi connectivity index (χ1n) is 9.99. The molecule has 4 rings (SSSR count). The van der Waals surface area contributed by atoms with E-state index in [2.05, 4.69) is 4.99 Å². The average Bonchev–Trinajstić information content (AvgIpc) is 3.38. The van der Waals surface area contributed by atoms with Crippen LogP contribution in [0.25, 0.3) is 6.08 Å². The molecule has 0 fully saturated rings. The zero-order chi connectivity index (χ0) is 22.0. The summed E-state index contributed by atoms with van der Waals surface area (Å²) in [7, 11) is 0. The predicted molar refractivity (Wildman–Crippen MR) is 122 cm³/mol. The molecule has 1 aromatic carbocycles. The molecule has 0 saturated carbocycles. The molecule has 0 saturated heterocycles. The first kappa shape index (κ1) is 21.3. The van der Waals surface area contributed by atoms with E-state index in [0.29, 0.717) is 27.2 Å². The highest BCUT2D eigenvalue weighted by Crippen LogP contribution is 2.33. The Morgan fingerprint density at radius 1 is 1.19 bits per heavy atom. The summed E-state index contributed by atoms with van der Waals surface area (Å²) >= 11 is 2.82. The Kier molecular flexibility index (Phi) is 6.20. The second-order valence-corrected chi connectivity index (χ2v) is 8.81. The van der Waals surface area contributed by atoms with E-state index in [0.717, 1.165) is 16.2 Å². The normalized spacial score (nSPS) is 16.1. The lowest BCUT2D eigenvalue weighted by Gasteiger charge is -2.23. The molecular formula is C23H22N2O4S2. The molecule has 1 aliphatic rings.